The number of amides is 1. The molecule has 1 aromatic rings. The number of aliphatic hydroxyl groups excluding tert-OH is 1. The van der Waals surface area contributed by atoms with Crippen LogP contribution in [0.25, 0.3) is 0 Å². The Kier molecular flexibility index (Phi) is 6.36. The van der Waals surface area contributed by atoms with Gasteiger partial charge in [-0.25, -0.2) is 0 Å². The Hall–Kier alpha value is -0.870. The van der Waals surface area contributed by atoms with Gasteiger partial charge in [-0.05, 0) is 30.9 Å². The molecule has 4 heteroatoms. The average Bonchev–Trinajstić information content (AvgIpc) is 2.79. The summed E-state index contributed by atoms with van der Waals surface area (Å²) in [7, 11) is 0. The fraction of sp³-hybridized carbons (Fsp3) is 0.643. The average molecular weight is 269 g/mol. The first kappa shape index (κ1) is 15.2. The molecule has 1 rings (SSSR count). The Morgan fingerprint density at radius 2 is 2.17 bits per heavy atom. The summed E-state index contributed by atoms with van der Waals surface area (Å²) in [5.41, 5.74) is 1.28. The van der Waals surface area contributed by atoms with Gasteiger partial charge in [0, 0.05) is 4.88 Å². The smallest absolute Gasteiger partial charge is 0.261 e. The van der Waals surface area contributed by atoms with Crippen LogP contribution in [0.2, 0.25) is 0 Å². The van der Waals surface area contributed by atoms with E-state index in [-0.39, 0.29) is 18.6 Å². The third-order valence-corrected chi connectivity index (χ3v) is 4.26. The molecule has 18 heavy (non-hydrogen) atoms. The van der Waals surface area contributed by atoms with E-state index in [4.69, 9.17) is 5.11 Å². The summed E-state index contributed by atoms with van der Waals surface area (Å²) in [6, 6.07) is 1.86. The quantitative estimate of drug-likeness (QED) is 0.799. The highest BCUT2D eigenvalue weighted by molar-refractivity contribution is 7.14. The van der Waals surface area contributed by atoms with Gasteiger partial charge in [-0.2, -0.15) is 0 Å². The molecule has 1 amide bonds. The van der Waals surface area contributed by atoms with E-state index in [0.717, 1.165) is 30.6 Å². The molecule has 0 aliphatic rings. The third-order valence-electron chi connectivity index (χ3n) is 3.03. The van der Waals surface area contributed by atoms with E-state index in [1.807, 2.05) is 13.0 Å². The number of aliphatic hydroxyl groups is 1. The highest BCUT2D eigenvalue weighted by Crippen LogP contribution is 2.24. The van der Waals surface area contributed by atoms with Gasteiger partial charge in [0.1, 0.15) is 0 Å². The lowest BCUT2D eigenvalue weighted by molar-refractivity contribution is 0.0919. The molecule has 0 bridgehead atoms. The number of thiophene rings is 1. The zero-order valence-electron chi connectivity index (χ0n) is 11.5. The van der Waals surface area contributed by atoms with Crippen LogP contribution in [0.15, 0.2) is 6.07 Å². The lowest BCUT2D eigenvalue weighted by Gasteiger charge is -2.12. The van der Waals surface area contributed by atoms with Crippen LogP contribution in [0.5, 0.6) is 0 Å². The van der Waals surface area contributed by atoms with Gasteiger partial charge in [-0.3, -0.25) is 4.79 Å². The lowest BCUT2D eigenvalue weighted by atomic mass is 10.1. The number of carbonyl (C=O) groups excluding carboxylic acids is 1. The second kappa shape index (κ2) is 7.54. The summed E-state index contributed by atoms with van der Waals surface area (Å²) in [5, 5.41) is 12.0. The van der Waals surface area contributed by atoms with E-state index in [1.165, 1.54) is 10.4 Å². The Morgan fingerprint density at radius 1 is 1.44 bits per heavy atom. The predicted molar refractivity (Wildman–Crippen MR) is 76.3 cm³/mol. The van der Waals surface area contributed by atoms with Crippen molar-refractivity contribution in [3.05, 3.63) is 21.4 Å². The van der Waals surface area contributed by atoms with Crippen molar-refractivity contribution in [3.8, 4) is 0 Å². The predicted octanol–water partition coefficient (Wildman–Crippen LogP) is 2.76. The van der Waals surface area contributed by atoms with Crippen molar-refractivity contribution in [1.82, 2.24) is 5.32 Å². The van der Waals surface area contributed by atoms with Crippen molar-refractivity contribution < 1.29 is 9.90 Å². The second-order valence-corrected chi connectivity index (χ2v) is 5.56. The van der Waals surface area contributed by atoms with E-state index in [1.54, 1.807) is 11.3 Å². The maximum Gasteiger partial charge on any atom is 0.261 e. The lowest BCUT2D eigenvalue weighted by Crippen LogP contribution is -2.36. The fourth-order valence-electron chi connectivity index (χ4n) is 1.85. The Morgan fingerprint density at radius 3 is 2.67 bits per heavy atom. The molecule has 1 atom stereocenters. The van der Waals surface area contributed by atoms with Crippen LogP contribution in [0.4, 0.5) is 0 Å². The fourth-order valence-corrected chi connectivity index (χ4v) is 3.11. The molecule has 0 spiro atoms. The maximum absolute atomic E-state index is 12.0. The summed E-state index contributed by atoms with van der Waals surface area (Å²) in [6.45, 7) is 6.22. The highest BCUT2D eigenvalue weighted by atomic mass is 32.1. The minimum Gasteiger partial charge on any atom is -0.394 e. The molecule has 0 saturated heterocycles. The van der Waals surface area contributed by atoms with Gasteiger partial charge >= 0.3 is 0 Å². The van der Waals surface area contributed by atoms with Gasteiger partial charge in [0.05, 0.1) is 17.5 Å². The van der Waals surface area contributed by atoms with Crippen molar-refractivity contribution in [2.24, 2.45) is 0 Å². The maximum atomic E-state index is 12.0. The molecule has 0 fully saturated rings. The van der Waals surface area contributed by atoms with Crippen LogP contribution in [0.1, 0.15) is 53.7 Å². The van der Waals surface area contributed by atoms with Crippen LogP contribution in [0.3, 0.4) is 0 Å². The van der Waals surface area contributed by atoms with Crippen LogP contribution in [-0.2, 0) is 12.8 Å². The Labute approximate surface area is 113 Å². The number of hydrogen-bond acceptors (Lipinski definition) is 3. The zero-order valence-corrected chi connectivity index (χ0v) is 12.3. The Balaban J connectivity index is 2.79. The van der Waals surface area contributed by atoms with E-state index >= 15 is 0 Å². The van der Waals surface area contributed by atoms with Gasteiger partial charge in [0.25, 0.3) is 5.91 Å². The molecule has 102 valence electrons. The SMILES string of the molecule is CCCc1sc(C(=O)N[C@@H](CC)CO)cc1CC. The molecular formula is C14H23NO2S. The number of hydrogen-bond donors (Lipinski definition) is 2. The van der Waals surface area contributed by atoms with E-state index < -0.39 is 0 Å². The summed E-state index contributed by atoms with van der Waals surface area (Å²) in [6.07, 6.45) is 3.85. The molecular weight excluding hydrogens is 246 g/mol. The first-order valence-corrected chi connectivity index (χ1v) is 7.51. The van der Waals surface area contributed by atoms with Gasteiger partial charge in [0.2, 0.25) is 0 Å². The molecule has 0 aliphatic heterocycles. The second-order valence-electron chi connectivity index (χ2n) is 4.42. The van der Waals surface area contributed by atoms with Crippen LogP contribution in [0, 0.1) is 0 Å². The van der Waals surface area contributed by atoms with Gasteiger partial charge in [-0.15, -0.1) is 11.3 Å². The van der Waals surface area contributed by atoms with E-state index in [9.17, 15) is 4.79 Å². The largest absolute Gasteiger partial charge is 0.394 e. The molecule has 0 radical (unpaired) electrons. The van der Waals surface area contributed by atoms with Gasteiger partial charge in [-0.1, -0.05) is 27.2 Å². The molecule has 1 aromatic heterocycles. The van der Waals surface area contributed by atoms with E-state index in [2.05, 4.69) is 19.2 Å². The summed E-state index contributed by atoms with van der Waals surface area (Å²) < 4.78 is 0. The number of nitrogens with one attached hydrogen (secondary N) is 1. The topological polar surface area (TPSA) is 49.3 Å². The van der Waals surface area contributed by atoms with E-state index in [0.29, 0.717) is 0 Å². The standard InChI is InChI=1S/C14H23NO2S/c1-4-7-12-10(5-2)8-13(18-12)14(17)15-11(6-3)9-16/h8,11,16H,4-7,9H2,1-3H3,(H,15,17)/t11-/m0/s1. The third kappa shape index (κ3) is 3.82. The van der Waals surface area contributed by atoms with Crippen LogP contribution >= 0.6 is 11.3 Å². The normalized spacial score (nSPS) is 12.4. The van der Waals surface area contributed by atoms with Crippen LogP contribution in [-0.4, -0.2) is 23.7 Å². The molecule has 1 heterocycles. The molecule has 0 aromatic carbocycles. The summed E-state index contributed by atoms with van der Waals surface area (Å²) in [4.78, 5) is 14.1. The van der Waals surface area contributed by atoms with Crippen LogP contribution < -0.4 is 5.32 Å². The van der Waals surface area contributed by atoms with Gasteiger partial charge in [0.15, 0.2) is 0 Å². The highest BCUT2D eigenvalue weighted by Gasteiger charge is 2.15. The summed E-state index contributed by atoms with van der Waals surface area (Å²) >= 11 is 1.59. The number of aryl methyl sites for hydroxylation is 2. The molecule has 0 saturated carbocycles. The minimum absolute atomic E-state index is 0.00390. The summed E-state index contributed by atoms with van der Waals surface area (Å²) in [5.74, 6) is -0.0575. The van der Waals surface area contributed by atoms with Gasteiger partial charge < -0.3 is 10.4 Å². The minimum atomic E-state index is -0.140. The number of carbonyl (C=O) groups is 1. The first-order chi connectivity index (χ1) is 8.65. The zero-order chi connectivity index (χ0) is 13.5. The first-order valence-electron chi connectivity index (χ1n) is 6.69. The van der Waals surface area contributed by atoms with Crippen molar-refractivity contribution in [1.29, 1.82) is 0 Å². The molecule has 3 nitrogen and oxygen atoms in total. The Bertz CT molecular complexity index is 383. The monoisotopic (exact) mass is 269 g/mol. The molecule has 0 aliphatic carbocycles. The molecule has 0 unspecified atom stereocenters. The van der Waals surface area contributed by atoms with Crippen molar-refractivity contribution in [2.75, 3.05) is 6.61 Å². The number of rotatable bonds is 7. The van der Waals surface area contributed by atoms with Crippen molar-refractivity contribution >= 4 is 17.2 Å². The molecule has 2 N–H and O–H groups in total. The van der Waals surface area contributed by atoms with Crippen molar-refractivity contribution in [2.45, 2.75) is 52.5 Å². The van der Waals surface area contributed by atoms with Crippen molar-refractivity contribution in [3.63, 3.8) is 0 Å².